The van der Waals surface area contributed by atoms with Crippen LogP contribution in [0.15, 0.2) is 49.6 Å². The van der Waals surface area contributed by atoms with E-state index in [4.69, 9.17) is 18.9 Å². The summed E-state index contributed by atoms with van der Waals surface area (Å²) in [6, 6.07) is 7.51. The van der Waals surface area contributed by atoms with E-state index in [1.54, 1.807) is 19.3 Å². The van der Waals surface area contributed by atoms with Gasteiger partial charge in [0.05, 0.1) is 13.7 Å². The first kappa shape index (κ1) is 19.2. The molecule has 0 unspecified atom stereocenters. The number of hydrogen-bond acceptors (Lipinski definition) is 5. The molecule has 0 radical (unpaired) electrons. The summed E-state index contributed by atoms with van der Waals surface area (Å²) in [5.74, 6) is 0.532. The summed E-state index contributed by atoms with van der Waals surface area (Å²) in [6.07, 6.45) is 4.84. The van der Waals surface area contributed by atoms with Crippen LogP contribution in [0.5, 0.6) is 5.75 Å². The molecule has 0 amide bonds. The van der Waals surface area contributed by atoms with Gasteiger partial charge in [0.1, 0.15) is 11.9 Å². The highest BCUT2D eigenvalue weighted by molar-refractivity contribution is 5.69. The molecule has 1 aromatic rings. The Morgan fingerprint density at radius 1 is 1.28 bits per heavy atom. The maximum Gasteiger partial charge on any atom is 0.306 e. The number of rotatable bonds is 9. The van der Waals surface area contributed by atoms with E-state index in [9.17, 15) is 4.79 Å². The Balaban J connectivity index is 1.95. The summed E-state index contributed by atoms with van der Waals surface area (Å²) in [6.45, 7) is 7.70. The normalized spacial score (nSPS) is 22.8. The minimum absolute atomic E-state index is 0.240. The van der Waals surface area contributed by atoms with Crippen LogP contribution in [0.25, 0.3) is 0 Å². The van der Waals surface area contributed by atoms with Crippen molar-refractivity contribution in [3.63, 3.8) is 0 Å². The van der Waals surface area contributed by atoms with E-state index < -0.39 is 12.4 Å². The Kier molecular flexibility index (Phi) is 7.70. The minimum atomic E-state index is -0.494. The summed E-state index contributed by atoms with van der Waals surface area (Å²) < 4.78 is 22.5. The third-order valence-corrected chi connectivity index (χ3v) is 3.98. The summed E-state index contributed by atoms with van der Waals surface area (Å²) in [7, 11) is 1.62. The monoisotopic (exact) mass is 346 g/mol. The molecule has 1 aliphatic rings. The Hall–Kier alpha value is -2.11. The molecule has 0 spiro atoms. The largest absolute Gasteiger partial charge is 0.497 e. The van der Waals surface area contributed by atoms with Gasteiger partial charge in [-0.05, 0) is 31.4 Å². The van der Waals surface area contributed by atoms with Gasteiger partial charge in [0.15, 0.2) is 12.4 Å². The third-order valence-electron chi connectivity index (χ3n) is 3.98. The number of carbonyl (C=O) groups is 1. The zero-order valence-corrected chi connectivity index (χ0v) is 14.7. The highest BCUT2D eigenvalue weighted by Gasteiger charge is 2.34. The first-order valence-electron chi connectivity index (χ1n) is 8.50. The quantitative estimate of drug-likeness (QED) is 0.385. The molecule has 0 saturated carbocycles. The van der Waals surface area contributed by atoms with Crippen LogP contribution in [0, 0.1) is 0 Å². The maximum atomic E-state index is 12.0. The molecule has 0 aliphatic carbocycles. The second-order valence-electron chi connectivity index (χ2n) is 5.85. The van der Waals surface area contributed by atoms with Crippen molar-refractivity contribution in [3.8, 4) is 5.75 Å². The van der Waals surface area contributed by atoms with Crippen molar-refractivity contribution < 1.29 is 23.7 Å². The zero-order valence-electron chi connectivity index (χ0n) is 14.7. The van der Waals surface area contributed by atoms with Crippen molar-refractivity contribution in [2.24, 2.45) is 0 Å². The Morgan fingerprint density at radius 3 is 2.68 bits per heavy atom. The number of ether oxygens (including phenoxy) is 4. The van der Waals surface area contributed by atoms with Crippen molar-refractivity contribution in [3.05, 3.63) is 55.1 Å². The molecule has 3 atom stereocenters. The zero-order chi connectivity index (χ0) is 18.1. The lowest BCUT2D eigenvalue weighted by Gasteiger charge is -2.36. The molecular formula is C20H26O5. The first-order valence-corrected chi connectivity index (χ1v) is 8.50. The fourth-order valence-electron chi connectivity index (χ4n) is 2.61. The molecule has 1 aromatic carbocycles. The molecule has 25 heavy (non-hydrogen) atoms. The smallest absolute Gasteiger partial charge is 0.306 e. The van der Waals surface area contributed by atoms with Crippen molar-refractivity contribution in [2.75, 3.05) is 13.7 Å². The van der Waals surface area contributed by atoms with Crippen LogP contribution >= 0.6 is 0 Å². The van der Waals surface area contributed by atoms with Crippen LogP contribution in [0.4, 0.5) is 0 Å². The number of esters is 1. The third kappa shape index (κ3) is 5.73. The molecule has 0 aromatic heterocycles. The Labute approximate surface area is 149 Å². The fraction of sp³-hybridized carbons (Fsp3) is 0.450. The fourth-order valence-corrected chi connectivity index (χ4v) is 2.61. The van der Waals surface area contributed by atoms with Crippen LogP contribution in [0.1, 0.15) is 37.5 Å². The molecule has 1 aliphatic heterocycles. The highest BCUT2D eigenvalue weighted by atomic mass is 16.7. The van der Waals surface area contributed by atoms with E-state index in [1.165, 1.54) is 0 Å². The van der Waals surface area contributed by atoms with Crippen molar-refractivity contribution in [2.45, 2.75) is 44.2 Å². The van der Waals surface area contributed by atoms with Gasteiger partial charge in [-0.3, -0.25) is 4.79 Å². The molecule has 5 nitrogen and oxygen atoms in total. The molecule has 136 valence electrons. The topological polar surface area (TPSA) is 54.0 Å². The Bertz CT molecular complexity index is 566. The molecule has 1 fully saturated rings. The van der Waals surface area contributed by atoms with Gasteiger partial charge in [-0.1, -0.05) is 24.3 Å². The number of carbonyl (C=O) groups excluding carboxylic acids is 1. The van der Waals surface area contributed by atoms with Crippen molar-refractivity contribution >= 4 is 5.97 Å². The lowest BCUT2D eigenvalue weighted by molar-refractivity contribution is -0.261. The highest BCUT2D eigenvalue weighted by Crippen LogP contribution is 2.30. The summed E-state index contributed by atoms with van der Waals surface area (Å²) in [5.41, 5.74) is 0.894. The maximum absolute atomic E-state index is 12.0. The van der Waals surface area contributed by atoms with E-state index in [0.29, 0.717) is 19.4 Å². The Morgan fingerprint density at radius 2 is 2.04 bits per heavy atom. The van der Waals surface area contributed by atoms with E-state index >= 15 is 0 Å². The molecular weight excluding hydrogens is 320 g/mol. The van der Waals surface area contributed by atoms with Crippen LogP contribution < -0.4 is 4.74 Å². The van der Waals surface area contributed by atoms with E-state index in [-0.39, 0.29) is 12.1 Å². The number of unbranched alkanes of at least 4 members (excludes halogenated alkanes) is 1. The van der Waals surface area contributed by atoms with E-state index in [2.05, 4.69) is 13.2 Å². The molecule has 1 saturated heterocycles. The average Bonchev–Trinajstić information content (AvgIpc) is 2.64. The second-order valence-corrected chi connectivity index (χ2v) is 5.85. The second kappa shape index (κ2) is 10.0. The SMILES string of the molecule is C=CCCCC(=O)O[C@@H]1CO[C@@H](c2ccc(OC)cc2)O[C@H]1CC=C. The number of methoxy groups -OCH3 is 1. The first-order chi connectivity index (χ1) is 12.2. The van der Waals surface area contributed by atoms with Crippen LogP contribution in [-0.2, 0) is 19.0 Å². The van der Waals surface area contributed by atoms with Gasteiger partial charge >= 0.3 is 5.97 Å². The standard InChI is InChI=1S/C20H26O5/c1-4-6-7-9-19(21)24-18-14-23-20(25-17(18)8-5-2)15-10-12-16(22-3)13-11-15/h4-5,10-13,17-18,20H,1-2,6-9,14H2,3H3/t17-,18+,20+/m0/s1. The van der Waals surface area contributed by atoms with E-state index in [0.717, 1.165) is 24.2 Å². The van der Waals surface area contributed by atoms with Gasteiger partial charge in [0.25, 0.3) is 0 Å². The molecule has 5 heteroatoms. The summed E-state index contributed by atoms with van der Waals surface area (Å²) in [5, 5.41) is 0. The van der Waals surface area contributed by atoms with Crippen molar-refractivity contribution in [1.82, 2.24) is 0 Å². The van der Waals surface area contributed by atoms with Gasteiger partial charge in [0.2, 0.25) is 0 Å². The molecule has 2 rings (SSSR count). The minimum Gasteiger partial charge on any atom is -0.497 e. The van der Waals surface area contributed by atoms with Gasteiger partial charge in [-0.2, -0.15) is 0 Å². The van der Waals surface area contributed by atoms with Gasteiger partial charge in [-0.25, -0.2) is 0 Å². The predicted octanol–water partition coefficient (Wildman–Crippen LogP) is 3.95. The number of benzene rings is 1. The van der Waals surface area contributed by atoms with Crippen LogP contribution in [0.3, 0.4) is 0 Å². The lowest BCUT2D eigenvalue weighted by Crippen LogP contribution is -2.43. The van der Waals surface area contributed by atoms with Gasteiger partial charge in [0, 0.05) is 12.0 Å². The average molecular weight is 346 g/mol. The lowest BCUT2D eigenvalue weighted by atomic mass is 10.1. The summed E-state index contributed by atoms with van der Waals surface area (Å²) in [4.78, 5) is 12.0. The van der Waals surface area contributed by atoms with Gasteiger partial charge in [-0.15, -0.1) is 13.2 Å². The van der Waals surface area contributed by atoms with Crippen LogP contribution in [-0.4, -0.2) is 31.9 Å². The van der Waals surface area contributed by atoms with Gasteiger partial charge < -0.3 is 18.9 Å². The molecule has 0 bridgehead atoms. The predicted molar refractivity (Wildman–Crippen MR) is 95.3 cm³/mol. The molecule has 1 heterocycles. The van der Waals surface area contributed by atoms with Crippen molar-refractivity contribution in [1.29, 1.82) is 0 Å². The molecule has 0 N–H and O–H groups in total. The number of allylic oxidation sites excluding steroid dienone is 1. The number of hydrogen-bond donors (Lipinski definition) is 0. The summed E-state index contributed by atoms with van der Waals surface area (Å²) >= 11 is 0. The van der Waals surface area contributed by atoms with Crippen LogP contribution in [0.2, 0.25) is 0 Å². The van der Waals surface area contributed by atoms with E-state index in [1.807, 2.05) is 24.3 Å².